The Labute approximate surface area is 150 Å². The first-order chi connectivity index (χ1) is 11.8. The molecule has 0 aromatic heterocycles. The molecule has 2 amide bonds. The summed E-state index contributed by atoms with van der Waals surface area (Å²) in [6.45, 7) is 8.93. The van der Waals surface area contributed by atoms with E-state index >= 15 is 0 Å². The van der Waals surface area contributed by atoms with Gasteiger partial charge in [0.15, 0.2) is 0 Å². The van der Waals surface area contributed by atoms with E-state index in [0.717, 1.165) is 42.6 Å². The molecule has 25 heavy (non-hydrogen) atoms. The number of rotatable bonds is 2. The largest absolute Gasteiger partial charge is 0.325 e. The number of nitrogens with zero attached hydrogens (tertiary/aromatic N) is 3. The van der Waals surface area contributed by atoms with Crippen LogP contribution in [0.1, 0.15) is 29.5 Å². The maximum atomic E-state index is 13.1. The number of carbonyl (C=O) groups is 1. The molecule has 2 saturated heterocycles. The highest BCUT2D eigenvalue weighted by atomic mass is 32.2. The van der Waals surface area contributed by atoms with Crippen LogP contribution in [0.3, 0.4) is 0 Å². The fraction of sp³-hybridized carbons (Fsp3) is 0.611. The van der Waals surface area contributed by atoms with Crippen molar-refractivity contribution < 1.29 is 13.2 Å². The van der Waals surface area contributed by atoms with Gasteiger partial charge in [-0.2, -0.15) is 4.31 Å². The monoisotopic (exact) mass is 365 g/mol. The number of likely N-dealkylation sites (tertiary alicyclic amines) is 1. The van der Waals surface area contributed by atoms with Crippen molar-refractivity contribution in [3.8, 4) is 0 Å². The van der Waals surface area contributed by atoms with E-state index in [4.69, 9.17) is 0 Å². The Hall–Kier alpha value is -1.60. The van der Waals surface area contributed by atoms with Crippen LogP contribution in [-0.2, 0) is 10.0 Å². The third-order valence-electron chi connectivity index (χ3n) is 5.09. The Morgan fingerprint density at radius 2 is 1.32 bits per heavy atom. The molecule has 0 saturated carbocycles. The van der Waals surface area contributed by atoms with E-state index in [2.05, 4.69) is 0 Å². The van der Waals surface area contributed by atoms with Crippen molar-refractivity contribution in [2.45, 2.75) is 38.5 Å². The minimum absolute atomic E-state index is 0.0530. The molecule has 0 N–H and O–H groups in total. The maximum Gasteiger partial charge on any atom is 0.320 e. The van der Waals surface area contributed by atoms with E-state index in [-0.39, 0.29) is 6.03 Å². The lowest BCUT2D eigenvalue weighted by molar-refractivity contribution is 0.142. The highest BCUT2D eigenvalue weighted by Crippen LogP contribution is 2.26. The summed E-state index contributed by atoms with van der Waals surface area (Å²) in [6.07, 6.45) is 2.12. The van der Waals surface area contributed by atoms with E-state index in [1.807, 2.05) is 37.8 Å². The second-order valence-corrected chi connectivity index (χ2v) is 8.97. The SMILES string of the molecule is Cc1cc(C)c(S(=O)(=O)N2CCN(C(=O)N3CCCC3)CC2)c(C)c1. The molecule has 138 valence electrons. The first kappa shape index (κ1) is 18.2. The predicted octanol–water partition coefficient (Wildman–Crippen LogP) is 2.13. The lowest BCUT2D eigenvalue weighted by atomic mass is 10.1. The van der Waals surface area contributed by atoms with Gasteiger partial charge in [0.25, 0.3) is 0 Å². The number of urea groups is 1. The summed E-state index contributed by atoms with van der Waals surface area (Å²) in [4.78, 5) is 16.5. The first-order valence-corrected chi connectivity index (χ1v) is 10.4. The summed E-state index contributed by atoms with van der Waals surface area (Å²) >= 11 is 0. The number of piperazine rings is 1. The smallest absolute Gasteiger partial charge is 0.320 e. The molecule has 2 fully saturated rings. The summed E-state index contributed by atoms with van der Waals surface area (Å²) < 4.78 is 27.7. The Morgan fingerprint density at radius 1 is 0.840 bits per heavy atom. The van der Waals surface area contributed by atoms with E-state index in [9.17, 15) is 13.2 Å². The lowest BCUT2D eigenvalue weighted by Crippen LogP contribution is -2.53. The van der Waals surface area contributed by atoms with Crippen LogP contribution in [0.25, 0.3) is 0 Å². The molecule has 0 bridgehead atoms. The van der Waals surface area contributed by atoms with Crippen LogP contribution in [0.2, 0.25) is 0 Å². The Morgan fingerprint density at radius 3 is 1.84 bits per heavy atom. The van der Waals surface area contributed by atoms with Gasteiger partial charge in [-0.15, -0.1) is 0 Å². The standard InChI is InChI=1S/C18H27N3O3S/c1-14-12-15(2)17(16(3)13-14)25(23,24)21-10-8-20(9-11-21)18(22)19-6-4-5-7-19/h12-13H,4-11H2,1-3H3. The van der Waals surface area contributed by atoms with Gasteiger partial charge in [0, 0.05) is 39.3 Å². The number of carbonyl (C=O) groups excluding carboxylic acids is 1. The van der Waals surface area contributed by atoms with E-state index in [1.165, 1.54) is 4.31 Å². The number of benzene rings is 1. The summed E-state index contributed by atoms with van der Waals surface area (Å²) in [5.41, 5.74) is 2.64. The van der Waals surface area contributed by atoms with Gasteiger partial charge in [0.05, 0.1) is 4.90 Å². The Kier molecular flexibility index (Phi) is 5.06. The molecule has 2 heterocycles. The molecule has 0 atom stereocenters. The fourth-order valence-corrected chi connectivity index (χ4v) is 5.76. The Balaban J connectivity index is 1.73. The highest BCUT2D eigenvalue weighted by Gasteiger charge is 2.33. The van der Waals surface area contributed by atoms with Crippen molar-refractivity contribution in [1.29, 1.82) is 0 Å². The third kappa shape index (κ3) is 3.53. The molecule has 0 aliphatic carbocycles. The molecule has 3 rings (SSSR count). The predicted molar refractivity (Wildman–Crippen MR) is 97.2 cm³/mol. The average Bonchev–Trinajstić information content (AvgIpc) is 3.07. The average molecular weight is 365 g/mol. The minimum Gasteiger partial charge on any atom is -0.325 e. The van der Waals surface area contributed by atoms with Crippen molar-refractivity contribution in [3.05, 3.63) is 28.8 Å². The third-order valence-corrected chi connectivity index (χ3v) is 7.29. The zero-order valence-corrected chi connectivity index (χ0v) is 16.1. The van der Waals surface area contributed by atoms with E-state index in [0.29, 0.717) is 31.1 Å². The second kappa shape index (κ2) is 6.96. The summed E-state index contributed by atoms with van der Waals surface area (Å²) in [6, 6.07) is 3.87. The molecule has 0 radical (unpaired) electrons. The fourth-order valence-electron chi connectivity index (χ4n) is 3.93. The van der Waals surface area contributed by atoms with Crippen molar-refractivity contribution in [3.63, 3.8) is 0 Å². The van der Waals surface area contributed by atoms with Gasteiger partial charge in [0.1, 0.15) is 0 Å². The summed E-state index contributed by atoms with van der Waals surface area (Å²) in [5, 5.41) is 0. The minimum atomic E-state index is -3.53. The van der Waals surface area contributed by atoms with Crippen LogP contribution in [0.15, 0.2) is 17.0 Å². The van der Waals surface area contributed by atoms with Gasteiger partial charge < -0.3 is 9.80 Å². The van der Waals surface area contributed by atoms with Crippen molar-refractivity contribution in [2.75, 3.05) is 39.3 Å². The topological polar surface area (TPSA) is 60.9 Å². The number of sulfonamides is 1. The number of amides is 2. The zero-order valence-electron chi connectivity index (χ0n) is 15.3. The van der Waals surface area contributed by atoms with E-state index in [1.54, 1.807) is 4.90 Å². The van der Waals surface area contributed by atoms with Gasteiger partial charge >= 0.3 is 6.03 Å². The van der Waals surface area contributed by atoms with Gasteiger partial charge in [-0.25, -0.2) is 13.2 Å². The van der Waals surface area contributed by atoms with Crippen molar-refractivity contribution >= 4 is 16.1 Å². The van der Waals surface area contributed by atoms with Crippen LogP contribution < -0.4 is 0 Å². The van der Waals surface area contributed by atoms with Crippen molar-refractivity contribution in [2.24, 2.45) is 0 Å². The van der Waals surface area contributed by atoms with E-state index < -0.39 is 10.0 Å². The molecule has 2 aliphatic heterocycles. The van der Waals surface area contributed by atoms with Crippen LogP contribution in [-0.4, -0.2) is 67.8 Å². The summed E-state index contributed by atoms with van der Waals surface area (Å²) in [7, 11) is -3.53. The van der Waals surface area contributed by atoms with Gasteiger partial charge in [-0.1, -0.05) is 17.7 Å². The number of hydrogen-bond acceptors (Lipinski definition) is 3. The molecule has 0 unspecified atom stereocenters. The molecule has 6 nitrogen and oxygen atoms in total. The number of aryl methyl sites for hydroxylation is 3. The second-order valence-electron chi connectivity index (χ2n) is 7.10. The zero-order chi connectivity index (χ0) is 18.2. The molecule has 0 spiro atoms. The number of hydrogen-bond donors (Lipinski definition) is 0. The molecular weight excluding hydrogens is 338 g/mol. The maximum absolute atomic E-state index is 13.1. The molecule has 2 aliphatic rings. The van der Waals surface area contributed by atoms with Crippen LogP contribution in [0.5, 0.6) is 0 Å². The normalized spacial score (nSPS) is 19.5. The molecular formula is C18H27N3O3S. The molecule has 1 aromatic carbocycles. The van der Waals surface area contributed by atoms with Crippen LogP contribution in [0, 0.1) is 20.8 Å². The summed E-state index contributed by atoms with van der Waals surface area (Å²) in [5.74, 6) is 0. The van der Waals surface area contributed by atoms with Crippen LogP contribution in [0.4, 0.5) is 4.79 Å². The first-order valence-electron chi connectivity index (χ1n) is 8.92. The highest BCUT2D eigenvalue weighted by molar-refractivity contribution is 7.89. The van der Waals surface area contributed by atoms with Gasteiger partial charge in [-0.05, 0) is 44.7 Å². The Bertz CT molecular complexity index is 739. The van der Waals surface area contributed by atoms with Crippen molar-refractivity contribution in [1.82, 2.24) is 14.1 Å². The molecule has 1 aromatic rings. The quantitative estimate of drug-likeness (QED) is 0.807. The van der Waals surface area contributed by atoms with Crippen LogP contribution >= 0.6 is 0 Å². The van der Waals surface area contributed by atoms with Gasteiger partial charge in [0.2, 0.25) is 10.0 Å². The molecule has 7 heteroatoms. The lowest BCUT2D eigenvalue weighted by Gasteiger charge is -2.36. The van der Waals surface area contributed by atoms with Gasteiger partial charge in [-0.3, -0.25) is 0 Å².